The van der Waals surface area contributed by atoms with Gasteiger partial charge in [0, 0.05) is 17.4 Å². The van der Waals surface area contributed by atoms with E-state index in [1.807, 2.05) is 11.8 Å². The maximum atomic E-state index is 13.0. The van der Waals surface area contributed by atoms with E-state index in [0.29, 0.717) is 17.4 Å². The Labute approximate surface area is 100 Å². The number of hydrogen-bond acceptors (Lipinski definition) is 3. The minimum Gasteiger partial charge on any atom is -0.505 e. The molecule has 0 spiro atoms. The summed E-state index contributed by atoms with van der Waals surface area (Å²) in [6, 6.07) is 4.59. The van der Waals surface area contributed by atoms with Crippen LogP contribution in [0.3, 0.4) is 0 Å². The molecule has 0 heterocycles. The molecule has 1 aromatic rings. The molecule has 1 rings (SSSR count). The van der Waals surface area contributed by atoms with Gasteiger partial charge in [-0.3, -0.25) is 0 Å². The summed E-state index contributed by atoms with van der Waals surface area (Å²) in [4.78, 5) is 0. The van der Waals surface area contributed by atoms with Gasteiger partial charge in [0.1, 0.15) is 0 Å². The first-order chi connectivity index (χ1) is 7.65. The Hall–Kier alpha value is -0.740. The highest BCUT2D eigenvalue weighted by Gasteiger charge is 2.05. The number of hydrogen-bond donors (Lipinski definition) is 2. The molecule has 0 fully saturated rings. The van der Waals surface area contributed by atoms with Crippen molar-refractivity contribution in [1.29, 1.82) is 0 Å². The molecule has 0 aromatic heterocycles. The summed E-state index contributed by atoms with van der Waals surface area (Å²) in [5, 5.41) is 13.2. The molecular weight excluding hydrogens is 225 g/mol. The fourth-order valence-electron chi connectivity index (χ4n) is 1.35. The van der Waals surface area contributed by atoms with E-state index >= 15 is 0 Å². The second-order valence-corrected chi connectivity index (χ2v) is 5.04. The molecule has 1 atom stereocenters. The molecular formula is C12H18FNOS. The molecule has 0 amide bonds. The largest absolute Gasteiger partial charge is 0.505 e. The molecule has 4 heteroatoms. The van der Waals surface area contributed by atoms with Gasteiger partial charge in [-0.15, -0.1) is 0 Å². The Kier molecular flexibility index (Phi) is 5.63. The summed E-state index contributed by atoms with van der Waals surface area (Å²) in [7, 11) is 0. The van der Waals surface area contributed by atoms with Gasteiger partial charge in [0.15, 0.2) is 11.6 Å². The lowest BCUT2D eigenvalue weighted by Crippen LogP contribution is -2.17. The number of thioether (sulfide) groups is 1. The van der Waals surface area contributed by atoms with Gasteiger partial charge in [-0.05, 0) is 25.3 Å². The summed E-state index contributed by atoms with van der Waals surface area (Å²) in [6.07, 6.45) is 3.15. The average Bonchev–Trinajstić information content (AvgIpc) is 2.29. The number of phenolic OH excluding ortho intramolecular Hbond substituents is 1. The van der Waals surface area contributed by atoms with Crippen molar-refractivity contribution in [2.75, 3.05) is 12.8 Å². The first-order valence-corrected chi connectivity index (χ1v) is 6.63. The van der Waals surface area contributed by atoms with Gasteiger partial charge in [-0.2, -0.15) is 11.8 Å². The Morgan fingerprint density at radius 1 is 1.50 bits per heavy atom. The molecule has 90 valence electrons. The van der Waals surface area contributed by atoms with Crippen molar-refractivity contribution in [2.45, 2.75) is 25.1 Å². The number of rotatable bonds is 6. The van der Waals surface area contributed by atoms with E-state index in [9.17, 15) is 9.50 Å². The van der Waals surface area contributed by atoms with Crippen molar-refractivity contribution in [3.63, 3.8) is 0 Å². The second-order valence-electron chi connectivity index (χ2n) is 3.76. The maximum absolute atomic E-state index is 13.0. The fraction of sp³-hybridized carbons (Fsp3) is 0.500. The van der Waals surface area contributed by atoms with E-state index < -0.39 is 5.82 Å². The zero-order valence-electron chi connectivity index (χ0n) is 9.66. The minimum absolute atomic E-state index is 0.243. The van der Waals surface area contributed by atoms with Crippen LogP contribution in [0.25, 0.3) is 0 Å². The number of halogens is 1. The number of phenols is 1. The lowest BCUT2D eigenvalue weighted by molar-refractivity contribution is 0.423. The van der Waals surface area contributed by atoms with Gasteiger partial charge in [0.05, 0.1) is 0 Å². The van der Waals surface area contributed by atoms with Crippen molar-refractivity contribution in [1.82, 2.24) is 5.32 Å². The highest BCUT2D eigenvalue weighted by molar-refractivity contribution is 7.99. The third-order valence-corrected chi connectivity index (χ3v) is 3.56. The highest BCUT2D eigenvalue weighted by Crippen LogP contribution is 2.20. The van der Waals surface area contributed by atoms with E-state index in [0.717, 1.165) is 13.0 Å². The molecule has 0 aliphatic heterocycles. The predicted octanol–water partition coefficient (Wildman–Crippen LogP) is 2.76. The monoisotopic (exact) mass is 243 g/mol. The molecule has 2 nitrogen and oxygen atoms in total. The fourth-order valence-corrected chi connectivity index (χ4v) is 1.70. The van der Waals surface area contributed by atoms with Crippen LogP contribution in [0.1, 0.15) is 18.9 Å². The molecule has 0 saturated carbocycles. The van der Waals surface area contributed by atoms with Crippen molar-refractivity contribution < 1.29 is 9.50 Å². The molecule has 0 aliphatic rings. The van der Waals surface area contributed by atoms with Gasteiger partial charge in [0.25, 0.3) is 0 Å². The Morgan fingerprint density at radius 2 is 2.25 bits per heavy atom. The predicted molar refractivity (Wildman–Crippen MR) is 67.4 cm³/mol. The van der Waals surface area contributed by atoms with Crippen LogP contribution in [0.4, 0.5) is 4.39 Å². The first kappa shape index (κ1) is 13.3. The van der Waals surface area contributed by atoms with Crippen LogP contribution < -0.4 is 5.32 Å². The van der Waals surface area contributed by atoms with E-state index in [-0.39, 0.29) is 5.75 Å². The van der Waals surface area contributed by atoms with Crippen LogP contribution in [0, 0.1) is 5.82 Å². The van der Waals surface area contributed by atoms with E-state index in [1.54, 1.807) is 12.1 Å². The number of aromatic hydroxyl groups is 1. The van der Waals surface area contributed by atoms with Gasteiger partial charge in [-0.25, -0.2) is 4.39 Å². The van der Waals surface area contributed by atoms with Crippen LogP contribution >= 0.6 is 11.8 Å². The Morgan fingerprint density at radius 3 is 2.94 bits per heavy atom. The molecule has 0 radical (unpaired) electrons. The van der Waals surface area contributed by atoms with Crippen molar-refractivity contribution in [3.8, 4) is 5.75 Å². The number of nitrogens with one attached hydrogen (secondary N) is 1. The maximum Gasteiger partial charge on any atom is 0.165 e. The average molecular weight is 243 g/mol. The lowest BCUT2D eigenvalue weighted by Gasteiger charge is -2.10. The Balaban J connectivity index is 2.35. The topological polar surface area (TPSA) is 32.3 Å². The standard InChI is InChI=1S/C12H18FNOS/c1-9(16-2)6-7-14-8-10-4-3-5-11(13)12(10)15/h3-5,9,14-15H,6-8H2,1-2H3. The SMILES string of the molecule is CSC(C)CCNCc1cccc(F)c1O. The van der Waals surface area contributed by atoms with E-state index in [1.165, 1.54) is 6.07 Å². The van der Waals surface area contributed by atoms with Crippen molar-refractivity contribution in [3.05, 3.63) is 29.6 Å². The summed E-state index contributed by atoms with van der Waals surface area (Å²) in [5.74, 6) is -0.801. The second kappa shape index (κ2) is 6.76. The molecule has 0 aliphatic carbocycles. The minimum atomic E-state index is -0.559. The van der Waals surface area contributed by atoms with Crippen molar-refractivity contribution in [2.24, 2.45) is 0 Å². The zero-order chi connectivity index (χ0) is 12.0. The third kappa shape index (κ3) is 4.02. The summed E-state index contributed by atoms with van der Waals surface area (Å²) < 4.78 is 13.0. The summed E-state index contributed by atoms with van der Waals surface area (Å²) in [5.41, 5.74) is 0.608. The zero-order valence-corrected chi connectivity index (χ0v) is 10.5. The van der Waals surface area contributed by atoms with E-state index in [2.05, 4.69) is 18.5 Å². The smallest absolute Gasteiger partial charge is 0.165 e. The van der Waals surface area contributed by atoms with Crippen LogP contribution in [0.15, 0.2) is 18.2 Å². The van der Waals surface area contributed by atoms with Gasteiger partial charge in [-0.1, -0.05) is 19.1 Å². The quantitative estimate of drug-likeness (QED) is 0.754. The van der Waals surface area contributed by atoms with Crippen LogP contribution in [-0.4, -0.2) is 23.2 Å². The molecule has 1 aromatic carbocycles. The van der Waals surface area contributed by atoms with Crippen LogP contribution in [0.5, 0.6) is 5.75 Å². The van der Waals surface area contributed by atoms with Gasteiger partial charge in [0.2, 0.25) is 0 Å². The van der Waals surface area contributed by atoms with Crippen LogP contribution in [-0.2, 0) is 6.54 Å². The van der Waals surface area contributed by atoms with Gasteiger partial charge >= 0.3 is 0 Å². The summed E-state index contributed by atoms with van der Waals surface area (Å²) in [6.45, 7) is 3.55. The molecule has 0 saturated heterocycles. The third-order valence-electron chi connectivity index (χ3n) is 2.52. The normalized spacial score (nSPS) is 12.7. The summed E-state index contributed by atoms with van der Waals surface area (Å²) >= 11 is 1.83. The molecule has 2 N–H and O–H groups in total. The molecule has 1 unspecified atom stereocenters. The van der Waals surface area contributed by atoms with Crippen LogP contribution in [0.2, 0.25) is 0 Å². The van der Waals surface area contributed by atoms with Gasteiger partial charge < -0.3 is 10.4 Å². The van der Waals surface area contributed by atoms with E-state index in [4.69, 9.17) is 0 Å². The first-order valence-electron chi connectivity index (χ1n) is 5.35. The number of benzene rings is 1. The lowest BCUT2D eigenvalue weighted by atomic mass is 10.2. The number of para-hydroxylation sites is 1. The molecule has 16 heavy (non-hydrogen) atoms. The molecule has 0 bridgehead atoms. The van der Waals surface area contributed by atoms with Crippen molar-refractivity contribution >= 4 is 11.8 Å². The highest BCUT2D eigenvalue weighted by atomic mass is 32.2. The Bertz CT molecular complexity index is 333.